The lowest BCUT2D eigenvalue weighted by molar-refractivity contribution is 0.350. The van der Waals surface area contributed by atoms with Crippen molar-refractivity contribution in [2.24, 2.45) is 5.84 Å². The zero-order chi connectivity index (χ0) is 14.1. The van der Waals surface area contributed by atoms with Crippen LogP contribution in [0.4, 0.5) is 4.39 Å². The van der Waals surface area contributed by atoms with Gasteiger partial charge in [0.05, 0.1) is 12.6 Å². The van der Waals surface area contributed by atoms with E-state index in [-0.39, 0.29) is 0 Å². The molecule has 1 atom stereocenters. The molecule has 3 nitrogen and oxygen atoms in total. The minimum Gasteiger partial charge on any atom is -0.493 e. The number of hydrogen-bond donors (Lipinski definition) is 2. The van der Waals surface area contributed by atoms with Crippen LogP contribution in [0.5, 0.6) is 5.75 Å². The Morgan fingerprint density at radius 1 is 1.25 bits per heavy atom. The Morgan fingerprint density at radius 3 is 2.80 bits per heavy atom. The van der Waals surface area contributed by atoms with E-state index < -0.39 is 11.9 Å². The van der Waals surface area contributed by atoms with Gasteiger partial charge in [0, 0.05) is 22.6 Å². The minimum atomic E-state index is -0.545. The molecular weight excluding hydrogens is 279 g/mol. The van der Waals surface area contributed by atoms with Crippen molar-refractivity contribution in [2.75, 3.05) is 6.61 Å². The summed E-state index contributed by atoms with van der Waals surface area (Å²) in [6.07, 6.45) is 0.853. The van der Waals surface area contributed by atoms with Crippen molar-refractivity contribution in [2.45, 2.75) is 12.5 Å². The molecule has 0 saturated heterocycles. The van der Waals surface area contributed by atoms with Gasteiger partial charge in [-0.2, -0.15) is 0 Å². The summed E-state index contributed by atoms with van der Waals surface area (Å²) in [6.45, 7) is 0.634. The Kier molecular flexibility index (Phi) is 3.61. The molecule has 0 aliphatic carbocycles. The summed E-state index contributed by atoms with van der Waals surface area (Å²) in [5.74, 6) is 6.02. The number of halogens is 2. The van der Waals surface area contributed by atoms with Gasteiger partial charge in [-0.1, -0.05) is 35.9 Å². The fourth-order valence-corrected chi connectivity index (χ4v) is 2.86. The number of nitrogens with one attached hydrogen (secondary N) is 1. The molecular formula is C15H14ClFN2O. The Balaban J connectivity index is 2.14. The van der Waals surface area contributed by atoms with Gasteiger partial charge in [0.15, 0.2) is 0 Å². The first-order valence-corrected chi connectivity index (χ1v) is 6.75. The Hall–Kier alpha value is -1.62. The lowest BCUT2D eigenvalue weighted by Gasteiger charge is -2.21. The Labute approximate surface area is 121 Å². The molecule has 0 radical (unpaired) electrons. The van der Waals surface area contributed by atoms with E-state index in [0.717, 1.165) is 23.3 Å². The first-order valence-electron chi connectivity index (χ1n) is 6.37. The molecule has 0 spiro atoms. The van der Waals surface area contributed by atoms with Crippen molar-refractivity contribution in [1.29, 1.82) is 0 Å². The van der Waals surface area contributed by atoms with Crippen LogP contribution in [0.15, 0.2) is 36.4 Å². The molecule has 0 aromatic heterocycles. The molecule has 1 unspecified atom stereocenters. The number of hydrazine groups is 1. The maximum absolute atomic E-state index is 14.1. The second-order valence-corrected chi connectivity index (χ2v) is 5.08. The molecule has 1 heterocycles. The normalized spacial score (nSPS) is 14.8. The van der Waals surface area contributed by atoms with Crippen LogP contribution in [0.2, 0.25) is 5.02 Å². The smallest absolute Gasteiger partial charge is 0.129 e. The number of rotatable bonds is 3. The third-order valence-electron chi connectivity index (χ3n) is 3.51. The van der Waals surface area contributed by atoms with Gasteiger partial charge in [0.25, 0.3) is 0 Å². The lowest BCUT2D eigenvalue weighted by Crippen LogP contribution is -2.30. The van der Waals surface area contributed by atoms with Crippen LogP contribution in [-0.4, -0.2) is 6.61 Å². The summed E-state index contributed by atoms with van der Waals surface area (Å²) in [4.78, 5) is 0. The topological polar surface area (TPSA) is 47.3 Å². The fourth-order valence-electron chi connectivity index (χ4n) is 2.58. The summed E-state index contributed by atoms with van der Waals surface area (Å²) >= 11 is 6.13. The predicted molar refractivity (Wildman–Crippen MR) is 76.2 cm³/mol. The standard InChI is InChI=1S/C15H14ClFN2O/c16-11-5-2-6-12(17)13(11)14(19-18)10-4-1-3-9-7-8-20-15(9)10/h1-6,14,19H,7-8,18H2. The molecule has 104 valence electrons. The van der Waals surface area contributed by atoms with Gasteiger partial charge in [-0.3, -0.25) is 5.84 Å². The molecule has 1 aliphatic rings. The van der Waals surface area contributed by atoms with Crippen LogP contribution in [0.1, 0.15) is 22.7 Å². The van der Waals surface area contributed by atoms with E-state index in [9.17, 15) is 4.39 Å². The summed E-state index contributed by atoms with van der Waals surface area (Å²) in [5, 5.41) is 0.337. The number of benzene rings is 2. The Bertz CT molecular complexity index is 628. The number of ether oxygens (including phenoxy) is 1. The highest BCUT2D eigenvalue weighted by atomic mass is 35.5. The lowest BCUT2D eigenvalue weighted by atomic mass is 9.96. The molecule has 2 aromatic rings. The third kappa shape index (κ3) is 2.16. The van der Waals surface area contributed by atoms with Crippen molar-refractivity contribution in [1.82, 2.24) is 5.43 Å². The average Bonchev–Trinajstić information content (AvgIpc) is 2.91. The average molecular weight is 293 g/mol. The van der Waals surface area contributed by atoms with E-state index in [0.29, 0.717) is 17.2 Å². The number of fused-ring (bicyclic) bond motifs is 1. The van der Waals surface area contributed by atoms with E-state index in [1.807, 2.05) is 18.2 Å². The SMILES string of the molecule is NNC(c1cccc2c1OCC2)c1c(F)cccc1Cl. The summed E-state index contributed by atoms with van der Waals surface area (Å²) in [5.41, 5.74) is 4.88. The van der Waals surface area contributed by atoms with Gasteiger partial charge >= 0.3 is 0 Å². The van der Waals surface area contributed by atoms with E-state index in [1.54, 1.807) is 12.1 Å². The van der Waals surface area contributed by atoms with Gasteiger partial charge in [0.1, 0.15) is 11.6 Å². The van der Waals surface area contributed by atoms with Crippen LogP contribution in [-0.2, 0) is 6.42 Å². The number of para-hydroxylation sites is 1. The van der Waals surface area contributed by atoms with Crippen molar-refractivity contribution < 1.29 is 9.13 Å². The van der Waals surface area contributed by atoms with Gasteiger partial charge in [0.2, 0.25) is 0 Å². The molecule has 20 heavy (non-hydrogen) atoms. The monoisotopic (exact) mass is 292 g/mol. The van der Waals surface area contributed by atoms with E-state index in [2.05, 4.69) is 5.43 Å². The molecule has 2 aromatic carbocycles. The van der Waals surface area contributed by atoms with Crippen LogP contribution in [0.3, 0.4) is 0 Å². The molecule has 0 saturated carbocycles. The zero-order valence-electron chi connectivity index (χ0n) is 10.7. The van der Waals surface area contributed by atoms with Crippen LogP contribution < -0.4 is 16.0 Å². The molecule has 0 fully saturated rings. The highest BCUT2D eigenvalue weighted by Crippen LogP contribution is 2.38. The van der Waals surface area contributed by atoms with Crippen molar-refractivity contribution >= 4 is 11.6 Å². The predicted octanol–water partition coefficient (Wildman–Crippen LogP) is 2.97. The van der Waals surface area contributed by atoms with E-state index >= 15 is 0 Å². The fraction of sp³-hybridized carbons (Fsp3) is 0.200. The number of nitrogens with two attached hydrogens (primary N) is 1. The third-order valence-corrected chi connectivity index (χ3v) is 3.84. The summed E-state index contributed by atoms with van der Waals surface area (Å²) in [6, 6.07) is 9.84. The highest BCUT2D eigenvalue weighted by molar-refractivity contribution is 6.31. The first kappa shape index (κ1) is 13.4. The van der Waals surface area contributed by atoms with Gasteiger partial charge in [-0.05, 0) is 17.7 Å². The van der Waals surface area contributed by atoms with Gasteiger partial charge in [-0.25, -0.2) is 9.82 Å². The van der Waals surface area contributed by atoms with Gasteiger partial charge in [-0.15, -0.1) is 0 Å². The highest BCUT2D eigenvalue weighted by Gasteiger charge is 2.26. The second kappa shape index (κ2) is 5.40. The van der Waals surface area contributed by atoms with Crippen molar-refractivity contribution in [3.05, 3.63) is 63.9 Å². The van der Waals surface area contributed by atoms with Crippen molar-refractivity contribution in [3.8, 4) is 5.75 Å². The van der Waals surface area contributed by atoms with Crippen LogP contribution in [0, 0.1) is 5.82 Å². The molecule has 5 heteroatoms. The van der Waals surface area contributed by atoms with E-state index in [4.69, 9.17) is 22.2 Å². The van der Waals surface area contributed by atoms with Crippen LogP contribution in [0.25, 0.3) is 0 Å². The molecule has 0 amide bonds. The quantitative estimate of drug-likeness (QED) is 0.675. The Morgan fingerprint density at radius 2 is 2.05 bits per heavy atom. The largest absolute Gasteiger partial charge is 0.493 e. The van der Waals surface area contributed by atoms with Crippen LogP contribution >= 0.6 is 11.6 Å². The molecule has 3 rings (SSSR count). The number of hydrogen-bond acceptors (Lipinski definition) is 3. The zero-order valence-corrected chi connectivity index (χ0v) is 11.5. The summed E-state index contributed by atoms with van der Waals surface area (Å²) < 4.78 is 19.8. The van der Waals surface area contributed by atoms with E-state index in [1.165, 1.54) is 6.07 Å². The van der Waals surface area contributed by atoms with Crippen molar-refractivity contribution in [3.63, 3.8) is 0 Å². The summed E-state index contributed by atoms with van der Waals surface area (Å²) in [7, 11) is 0. The molecule has 3 N–H and O–H groups in total. The molecule has 0 bridgehead atoms. The first-order chi connectivity index (χ1) is 9.72. The van der Waals surface area contributed by atoms with Gasteiger partial charge < -0.3 is 4.74 Å². The minimum absolute atomic E-state index is 0.334. The second-order valence-electron chi connectivity index (χ2n) is 4.67. The molecule has 1 aliphatic heterocycles. The maximum Gasteiger partial charge on any atom is 0.129 e. The maximum atomic E-state index is 14.1.